The second kappa shape index (κ2) is 6.01. The van der Waals surface area contributed by atoms with E-state index in [1.54, 1.807) is 25.1 Å². The van der Waals surface area contributed by atoms with Gasteiger partial charge < -0.3 is 5.32 Å². The van der Waals surface area contributed by atoms with E-state index >= 15 is 0 Å². The molecule has 0 spiro atoms. The molecule has 0 heterocycles. The van der Waals surface area contributed by atoms with Crippen molar-refractivity contribution >= 4 is 33.2 Å². The number of carbonyl (C=O) groups is 1. The lowest BCUT2D eigenvalue weighted by Crippen LogP contribution is -2.15. The molecule has 0 aromatic heterocycles. The molecule has 0 fully saturated rings. The standard InChI is InChI=1S/C14H10BrFN2O3/c1-8-2-3-9(15)6-12(8)17-14(19)11-7-10(16)4-5-13(11)18(20)21/h2-7H,1H3,(H,17,19). The van der Waals surface area contributed by atoms with E-state index < -0.39 is 22.3 Å². The molecule has 1 N–H and O–H groups in total. The van der Waals surface area contributed by atoms with Crippen molar-refractivity contribution in [3.8, 4) is 0 Å². The van der Waals surface area contributed by atoms with Crippen molar-refractivity contribution in [2.45, 2.75) is 6.92 Å². The predicted molar refractivity (Wildman–Crippen MR) is 79.9 cm³/mol. The van der Waals surface area contributed by atoms with Gasteiger partial charge in [-0.1, -0.05) is 22.0 Å². The van der Waals surface area contributed by atoms with Crippen molar-refractivity contribution in [2.24, 2.45) is 0 Å². The van der Waals surface area contributed by atoms with Crippen molar-refractivity contribution < 1.29 is 14.1 Å². The first kappa shape index (κ1) is 15.1. The van der Waals surface area contributed by atoms with Crippen molar-refractivity contribution in [1.29, 1.82) is 0 Å². The molecule has 7 heteroatoms. The lowest BCUT2D eigenvalue weighted by Gasteiger charge is -2.09. The minimum atomic E-state index is -0.734. The van der Waals surface area contributed by atoms with Crippen LogP contribution >= 0.6 is 15.9 Å². The van der Waals surface area contributed by atoms with Gasteiger partial charge in [-0.2, -0.15) is 0 Å². The third kappa shape index (κ3) is 3.43. The Labute approximate surface area is 128 Å². The van der Waals surface area contributed by atoms with Crippen LogP contribution in [-0.4, -0.2) is 10.8 Å². The van der Waals surface area contributed by atoms with Crippen LogP contribution in [0.1, 0.15) is 15.9 Å². The molecule has 1 amide bonds. The number of amides is 1. The van der Waals surface area contributed by atoms with E-state index in [2.05, 4.69) is 21.2 Å². The number of nitro benzene ring substituents is 1. The number of hydrogen-bond donors (Lipinski definition) is 1. The van der Waals surface area contributed by atoms with Gasteiger partial charge in [-0.25, -0.2) is 4.39 Å². The normalized spacial score (nSPS) is 10.2. The highest BCUT2D eigenvalue weighted by Gasteiger charge is 2.21. The van der Waals surface area contributed by atoms with Crippen LogP contribution in [0.4, 0.5) is 15.8 Å². The number of anilines is 1. The average molecular weight is 353 g/mol. The summed E-state index contributed by atoms with van der Waals surface area (Å²) in [6.07, 6.45) is 0. The Morgan fingerprint density at radius 2 is 2.00 bits per heavy atom. The van der Waals surface area contributed by atoms with E-state index in [1.165, 1.54) is 0 Å². The van der Waals surface area contributed by atoms with Crippen molar-refractivity contribution in [3.63, 3.8) is 0 Å². The first-order chi connectivity index (χ1) is 9.88. The number of nitrogens with zero attached hydrogens (tertiary/aromatic N) is 1. The fourth-order valence-corrected chi connectivity index (χ4v) is 2.13. The fraction of sp³-hybridized carbons (Fsp3) is 0.0714. The van der Waals surface area contributed by atoms with E-state index in [4.69, 9.17) is 0 Å². The molecule has 5 nitrogen and oxygen atoms in total. The molecule has 0 saturated carbocycles. The van der Waals surface area contributed by atoms with Crippen molar-refractivity contribution in [1.82, 2.24) is 0 Å². The average Bonchev–Trinajstić information content (AvgIpc) is 2.42. The molecule has 0 bridgehead atoms. The molecule has 0 saturated heterocycles. The molecule has 0 unspecified atom stereocenters. The van der Waals surface area contributed by atoms with E-state index in [0.717, 1.165) is 28.2 Å². The maximum absolute atomic E-state index is 13.2. The zero-order chi connectivity index (χ0) is 15.6. The van der Waals surface area contributed by atoms with Crippen molar-refractivity contribution in [2.75, 3.05) is 5.32 Å². The molecule has 21 heavy (non-hydrogen) atoms. The summed E-state index contributed by atoms with van der Waals surface area (Å²) in [6.45, 7) is 1.78. The van der Waals surface area contributed by atoms with Gasteiger partial charge >= 0.3 is 0 Å². The van der Waals surface area contributed by atoms with Gasteiger partial charge in [0.25, 0.3) is 11.6 Å². The third-order valence-corrected chi connectivity index (χ3v) is 3.34. The minimum Gasteiger partial charge on any atom is -0.321 e. The summed E-state index contributed by atoms with van der Waals surface area (Å²) in [5.41, 5.74) is 0.513. The molecule has 0 radical (unpaired) electrons. The highest BCUT2D eigenvalue weighted by atomic mass is 79.9. The molecule has 2 aromatic rings. The first-order valence-electron chi connectivity index (χ1n) is 5.90. The lowest BCUT2D eigenvalue weighted by atomic mass is 10.1. The summed E-state index contributed by atoms with van der Waals surface area (Å²) < 4.78 is 14.0. The van der Waals surface area contributed by atoms with Crippen LogP contribution in [0.3, 0.4) is 0 Å². The number of carbonyl (C=O) groups excluding carboxylic acids is 1. The molecule has 2 aromatic carbocycles. The van der Waals surface area contributed by atoms with Gasteiger partial charge in [-0.3, -0.25) is 14.9 Å². The van der Waals surface area contributed by atoms with Crippen LogP contribution in [0.15, 0.2) is 40.9 Å². The number of nitro groups is 1. The van der Waals surface area contributed by atoms with E-state index in [9.17, 15) is 19.3 Å². The molecule has 108 valence electrons. The maximum atomic E-state index is 13.2. The number of aryl methyl sites for hydroxylation is 1. The molecular weight excluding hydrogens is 343 g/mol. The van der Waals surface area contributed by atoms with Crippen LogP contribution in [-0.2, 0) is 0 Å². The highest BCUT2D eigenvalue weighted by Crippen LogP contribution is 2.24. The zero-order valence-electron chi connectivity index (χ0n) is 10.9. The molecule has 2 rings (SSSR count). The summed E-state index contributed by atoms with van der Waals surface area (Å²) in [7, 11) is 0. The number of hydrogen-bond acceptors (Lipinski definition) is 3. The molecule has 0 atom stereocenters. The van der Waals surface area contributed by atoms with Crippen LogP contribution in [0.25, 0.3) is 0 Å². The second-order valence-electron chi connectivity index (χ2n) is 4.33. The summed E-state index contributed by atoms with van der Waals surface area (Å²) in [5, 5.41) is 13.5. The smallest absolute Gasteiger partial charge is 0.282 e. The Bertz CT molecular complexity index is 734. The van der Waals surface area contributed by atoms with Crippen LogP contribution in [0.2, 0.25) is 0 Å². The summed E-state index contributed by atoms with van der Waals surface area (Å²) in [5.74, 6) is -1.45. The molecular formula is C14H10BrFN2O3. The first-order valence-corrected chi connectivity index (χ1v) is 6.69. The highest BCUT2D eigenvalue weighted by molar-refractivity contribution is 9.10. The number of halogens is 2. The topological polar surface area (TPSA) is 72.2 Å². The van der Waals surface area contributed by atoms with Gasteiger partial charge in [0.1, 0.15) is 11.4 Å². The summed E-state index contributed by atoms with van der Waals surface area (Å²) in [4.78, 5) is 22.3. The SMILES string of the molecule is Cc1ccc(Br)cc1NC(=O)c1cc(F)ccc1[N+](=O)[O-]. The fourth-order valence-electron chi connectivity index (χ4n) is 1.77. The van der Waals surface area contributed by atoms with Gasteiger partial charge in [-0.15, -0.1) is 0 Å². The van der Waals surface area contributed by atoms with Gasteiger partial charge in [0.15, 0.2) is 0 Å². The Hall–Kier alpha value is -2.28. The second-order valence-corrected chi connectivity index (χ2v) is 5.25. The summed E-state index contributed by atoms with van der Waals surface area (Å²) in [6, 6.07) is 8.01. The molecule has 0 aliphatic heterocycles. The van der Waals surface area contributed by atoms with Gasteiger partial charge in [0.2, 0.25) is 0 Å². The van der Waals surface area contributed by atoms with Crippen LogP contribution < -0.4 is 5.32 Å². The zero-order valence-corrected chi connectivity index (χ0v) is 12.5. The van der Waals surface area contributed by atoms with E-state index in [0.29, 0.717) is 5.69 Å². The monoisotopic (exact) mass is 352 g/mol. The lowest BCUT2D eigenvalue weighted by molar-refractivity contribution is -0.385. The molecule has 0 aliphatic carbocycles. The Morgan fingerprint density at radius 3 is 2.67 bits per heavy atom. The number of benzene rings is 2. The third-order valence-electron chi connectivity index (χ3n) is 2.85. The quantitative estimate of drug-likeness (QED) is 0.668. The largest absolute Gasteiger partial charge is 0.321 e. The predicted octanol–water partition coefficient (Wildman–Crippen LogP) is 4.06. The van der Waals surface area contributed by atoms with Crippen LogP contribution in [0, 0.1) is 22.9 Å². The summed E-state index contributed by atoms with van der Waals surface area (Å²) >= 11 is 3.27. The maximum Gasteiger partial charge on any atom is 0.282 e. The van der Waals surface area contributed by atoms with Gasteiger partial charge in [-0.05, 0) is 36.8 Å². The number of rotatable bonds is 3. The van der Waals surface area contributed by atoms with E-state index in [-0.39, 0.29) is 5.56 Å². The minimum absolute atomic E-state index is 0.320. The van der Waals surface area contributed by atoms with Crippen molar-refractivity contribution in [3.05, 3.63) is 67.9 Å². The Kier molecular flexibility index (Phi) is 4.32. The Balaban J connectivity index is 2.39. The van der Waals surface area contributed by atoms with Crippen LogP contribution in [0.5, 0.6) is 0 Å². The molecule has 0 aliphatic rings. The van der Waals surface area contributed by atoms with Gasteiger partial charge in [0.05, 0.1) is 4.92 Å². The number of nitrogens with one attached hydrogen (secondary N) is 1. The van der Waals surface area contributed by atoms with Gasteiger partial charge in [0, 0.05) is 16.2 Å². The Morgan fingerprint density at radius 1 is 1.29 bits per heavy atom. The van der Waals surface area contributed by atoms with E-state index in [1.807, 2.05) is 0 Å².